The molecule has 6 rings (SSSR count). The average molecular weight is 416 g/mol. The van der Waals surface area contributed by atoms with Crippen molar-refractivity contribution in [1.82, 2.24) is 14.5 Å². The minimum Gasteiger partial charge on any atom is -0.381 e. The molecule has 0 saturated carbocycles. The summed E-state index contributed by atoms with van der Waals surface area (Å²) in [5, 5.41) is 12.3. The first kappa shape index (κ1) is 18.3. The van der Waals surface area contributed by atoms with Gasteiger partial charge in [-0.05, 0) is 24.6 Å². The molecule has 2 aromatic carbocycles. The van der Waals surface area contributed by atoms with Crippen molar-refractivity contribution in [1.29, 1.82) is 0 Å². The molecule has 1 aromatic heterocycles. The molecule has 2 saturated heterocycles. The molecule has 1 N–H and O–H groups in total. The zero-order valence-electron chi connectivity index (χ0n) is 16.8. The standard InChI is InChI=1S/C23H20N4O4/c1-2-16-20(29)27-17-10-6-4-8-14(17)23(31)11-18(21(30)26(16)22(23)27)25-12-24-15-9-5-3-7-13(15)19(25)28/h3-10,12,16,18,22,31H,2,11H2,1H3/t16-,18-,22-,23-/m0/s1. The van der Waals surface area contributed by atoms with Crippen LogP contribution in [0.25, 0.3) is 10.9 Å². The predicted octanol–water partition coefficient (Wildman–Crippen LogP) is 1.52. The molecule has 0 aliphatic carbocycles. The molecule has 3 aliphatic heterocycles. The number of para-hydroxylation sites is 2. The maximum Gasteiger partial charge on any atom is 0.261 e. The fourth-order valence-corrected chi connectivity index (χ4v) is 5.52. The number of aliphatic hydroxyl groups is 1. The predicted molar refractivity (Wildman–Crippen MR) is 112 cm³/mol. The van der Waals surface area contributed by atoms with Crippen LogP contribution in [0.1, 0.15) is 31.4 Å². The summed E-state index contributed by atoms with van der Waals surface area (Å²) in [6, 6.07) is 12.5. The zero-order chi connectivity index (χ0) is 21.5. The topological polar surface area (TPSA) is 95.7 Å². The van der Waals surface area contributed by atoms with Gasteiger partial charge in [0.1, 0.15) is 23.9 Å². The number of carbonyl (C=O) groups excluding carboxylic acids is 2. The monoisotopic (exact) mass is 416 g/mol. The molecule has 0 radical (unpaired) electrons. The van der Waals surface area contributed by atoms with Gasteiger partial charge in [-0.25, -0.2) is 4.98 Å². The van der Waals surface area contributed by atoms with Crippen molar-refractivity contribution in [2.45, 2.75) is 43.6 Å². The van der Waals surface area contributed by atoms with E-state index in [0.717, 1.165) is 0 Å². The first-order valence-corrected chi connectivity index (χ1v) is 10.4. The second kappa shape index (κ2) is 6.01. The van der Waals surface area contributed by atoms with E-state index in [1.807, 2.05) is 13.0 Å². The van der Waals surface area contributed by atoms with Gasteiger partial charge in [0.05, 0.1) is 22.9 Å². The number of carbonyl (C=O) groups is 2. The second-order valence-electron chi connectivity index (χ2n) is 8.39. The van der Waals surface area contributed by atoms with Crippen molar-refractivity contribution in [3.8, 4) is 0 Å². The largest absolute Gasteiger partial charge is 0.381 e. The van der Waals surface area contributed by atoms with Crippen LogP contribution >= 0.6 is 0 Å². The molecule has 156 valence electrons. The van der Waals surface area contributed by atoms with Crippen LogP contribution in [-0.2, 0) is 15.2 Å². The lowest BCUT2D eigenvalue weighted by molar-refractivity contribution is -0.159. The van der Waals surface area contributed by atoms with Gasteiger partial charge in [-0.1, -0.05) is 37.3 Å². The van der Waals surface area contributed by atoms with Gasteiger partial charge >= 0.3 is 0 Å². The molecular formula is C23H20N4O4. The number of rotatable bonds is 2. The third-order valence-electron chi connectivity index (χ3n) is 6.88. The average Bonchev–Trinajstić information content (AvgIpc) is 3.23. The van der Waals surface area contributed by atoms with Gasteiger partial charge in [0.2, 0.25) is 5.91 Å². The van der Waals surface area contributed by atoms with Gasteiger partial charge in [0.25, 0.3) is 11.5 Å². The fourth-order valence-electron chi connectivity index (χ4n) is 5.52. The van der Waals surface area contributed by atoms with Crippen molar-refractivity contribution >= 4 is 28.4 Å². The number of hydrogen-bond donors (Lipinski definition) is 1. The summed E-state index contributed by atoms with van der Waals surface area (Å²) < 4.78 is 1.31. The van der Waals surface area contributed by atoms with E-state index < -0.39 is 23.9 Å². The Labute approximate surface area is 177 Å². The Morgan fingerprint density at radius 3 is 2.61 bits per heavy atom. The van der Waals surface area contributed by atoms with Crippen LogP contribution in [-0.4, -0.2) is 43.6 Å². The van der Waals surface area contributed by atoms with Crippen LogP contribution in [0.5, 0.6) is 0 Å². The van der Waals surface area contributed by atoms with Crippen molar-refractivity contribution in [3.05, 3.63) is 70.8 Å². The molecule has 3 aromatic rings. The van der Waals surface area contributed by atoms with Gasteiger partial charge < -0.3 is 10.0 Å². The van der Waals surface area contributed by atoms with Gasteiger partial charge in [0, 0.05) is 12.0 Å². The summed E-state index contributed by atoms with van der Waals surface area (Å²) in [6.07, 6.45) is 0.988. The molecule has 4 heterocycles. The van der Waals surface area contributed by atoms with Gasteiger partial charge in [-0.2, -0.15) is 0 Å². The van der Waals surface area contributed by atoms with Crippen LogP contribution in [0, 0.1) is 0 Å². The highest BCUT2D eigenvalue weighted by molar-refractivity contribution is 6.07. The lowest BCUT2D eigenvalue weighted by atomic mass is 9.82. The Kier molecular flexibility index (Phi) is 3.54. The highest BCUT2D eigenvalue weighted by Crippen LogP contribution is 2.55. The third kappa shape index (κ3) is 2.12. The molecular weight excluding hydrogens is 396 g/mol. The smallest absolute Gasteiger partial charge is 0.261 e. The number of piperidine rings is 1. The van der Waals surface area contributed by atoms with E-state index >= 15 is 0 Å². The van der Waals surface area contributed by atoms with Gasteiger partial charge in [-0.3, -0.25) is 23.9 Å². The van der Waals surface area contributed by atoms with E-state index in [4.69, 9.17) is 0 Å². The van der Waals surface area contributed by atoms with Crippen molar-refractivity contribution in [2.75, 3.05) is 4.90 Å². The van der Waals surface area contributed by atoms with E-state index in [9.17, 15) is 19.5 Å². The Balaban J connectivity index is 1.57. The van der Waals surface area contributed by atoms with Crippen molar-refractivity contribution in [2.24, 2.45) is 0 Å². The normalized spacial score (nSPS) is 28.9. The molecule has 4 atom stereocenters. The molecule has 0 bridgehead atoms. The Bertz CT molecular complexity index is 1330. The molecule has 3 aliphatic rings. The van der Waals surface area contributed by atoms with Crippen LogP contribution in [0.2, 0.25) is 0 Å². The number of anilines is 1. The summed E-state index contributed by atoms with van der Waals surface area (Å²) in [6.45, 7) is 1.84. The SMILES string of the molecule is CC[C@H]1C(=O)N2c3ccccc3[C@@]3(O)C[C@H](n4cnc5ccccc5c4=O)C(=O)N1[C@@H]23. The van der Waals surface area contributed by atoms with E-state index in [1.165, 1.54) is 15.8 Å². The maximum absolute atomic E-state index is 13.7. The Morgan fingerprint density at radius 2 is 1.81 bits per heavy atom. The minimum absolute atomic E-state index is 0.00977. The third-order valence-corrected chi connectivity index (χ3v) is 6.88. The first-order valence-electron chi connectivity index (χ1n) is 10.4. The van der Waals surface area contributed by atoms with Gasteiger partial charge in [0.15, 0.2) is 0 Å². The van der Waals surface area contributed by atoms with Crippen LogP contribution in [0.4, 0.5) is 5.69 Å². The lowest BCUT2D eigenvalue weighted by Crippen LogP contribution is -2.61. The summed E-state index contributed by atoms with van der Waals surface area (Å²) in [4.78, 5) is 47.5. The van der Waals surface area contributed by atoms with Crippen molar-refractivity contribution < 1.29 is 14.7 Å². The summed E-state index contributed by atoms with van der Waals surface area (Å²) in [5.41, 5.74) is -0.0399. The molecule has 0 spiro atoms. The van der Waals surface area contributed by atoms with E-state index in [0.29, 0.717) is 28.6 Å². The number of benzene rings is 2. The van der Waals surface area contributed by atoms with Crippen LogP contribution in [0.3, 0.4) is 0 Å². The van der Waals surface area contributed by atoms with Gasteiger partial charge in [-0.15, -0.1) is 0 Å². The minimum atomic E-state index is -1.47. The number of aromatic nitrogens is 2. The fraction of sp³-hybridized carbons (Fsp3) is 0.304. The highest BCUT2D eigenvalue weighted by Gasteiger charge is 2.67. The molecule has 2 fully saturated rings. The molecule has 2 amide bonds. The molecule has 8 heteroatoms. The van der Waals surface area contributed by atoms with Crippen LogP contribution in [0.15, 0.2) is 59.7 Å². The quantitative estimate of drug-likeness (QED) is 0.684. The Morgan fingerprint density at radius 1 is 1.06 bits per heavy atom. The van der Waals surface area contributed by atoms with E-state index in [1.54, 1.807) is 47.4 Å². The number of fused-ring (bicyclic) bond motifs is 4. The summed E-state index contributed by atoms with van der Waals surface area (Å²) in [7, 11) is 0. The first-order chi connectivity index (χ1) is 15.0. The molecule has 31 heavy (non-hydrogen) atoms. The number of hydrogen-bond acceptors (Lipinski definition) is 5. The molecule has 8 nitrogen and oxygen atoms in total. The van der Waals surface area contributed by atoms with E-state index in [2.05, 4.69) is 4.98 Å². The van der Waals surface area contributed by atoms with Crippen LogP contribution < -0.4 is 10.5 Å². The number of amides is 2. The van der Waals surface area contributed by atoms with Crippen molar-refractivity contribution in [3.63, 3.8) is 0 Å². The lowest BCUT2D eigenvalue weighted by Gasteiger charge is -2.45. The van der Waals surface area contributed by atoms with E-state index in [-0.39, 0.29) is 23.8 Å². The maximum atomic E-state index is 13.7. The highest BCUT2D eigenvalue weighted by atomic mass is 16.3. The summed E-state index contributed by atoms with van der Waals surface area (Å²) in [5.74, 6) is -0.543. The Hall–Kier alpha value is -3.52. The summed E-state index contributed by atoms with van der Waals surface area (Å²) >= 11 is 0. The molecule has 0 unspecified atom stereocenters. The number of nitrogens with zero attached hydrogens (tertiary/aromatic N) is 4. The zero-order valence-corrected chi connectivity index (χ0v) is 16.8. The second-order valence-corrected chi connectivity index (χ2v) is 8.39.